The summed E-state index contributed by atoms with van der Waals surface area (Å²) in [6, 6.07) is 7.32. The Kier molecular flexibility index (Phi) is 4.88. The Morgan fingerprint density at radius 1 is 0.947 bits per heavy atom. The zero-order valence-electron chi connectivity index (χ0n) is 9.23. The Morgan fingerprint density at radius 2 is 1.58 bits per heavy atom. The minimum atomic E-state index is -0.972. The van der Waals surface area contributed by atoms with Gasteiger partial charge in [0, 0.05) is 14.5 Å². The minimum absolute atomic E-state index is 0.150. The van der Waals surface area contributed by atoms with Crippen LogP contribution in [0.5, 0.6) is 0 Å². The number of rotatable bonds is 2. The van der Waals surface area contributed by atoms with Crippen molar-refractivity contribution < 1.29 is 8.78 Å². The molecule has 0 bridgehead atoms. The summed E-state index contributed by atoms with van der Waals surface area (Å²) in [6.45, 7) is 0. The van der Waals surface area contributed by atoms with Crippen LogP contribution >= 0.6 is 55.1 Å². The third-order valence-corrected chi connectivity index (χ3v) is 4.52. The number of hydrogen-bond acceptors (Lipinski definition) is 0. The molecule has 19 heavy (non-hydrogen) atoms. The van der Waals surface area contributed by atoms with Crippen LogP contribution in [0.3, 0.4) is 0 Å². The van der Waals surface area contributed by atoms with E-state index in [4.69, 9.17) is 23.2 Å². The zero-order chi connectivity index (χ0) is 14.2. The summed E-state index contributed by atoms with van der Waals surface area (Å²) in [7, 11) is 0. The van der Waals surface area contributed by atoms with Crippen molar-refractivity contribution in [2.45, 2.75) is 4.83 Å². The van der Waals surface area contributed by atoms with Gasteiger partial charge in [-0.15, -0.1) is 0 Å². The second kappa shape index (κ2) is 6.08. The monoisotopic (exact) mass is 428 g/mol. The lowest BCUT2D eigenvalue weighted by molar-refractivity contribution is 0.507. The van der Waals surface area contributed by atoms with E-state index in [2.05, 4.69) is 31.9 Å². The first-order chi connectivity index (χ1) is 8.88. The molecule has 0 saturated heterocycles. The molecule has 0 N–H and O–H groups in total. The molecule has 2 aromatic rings. The Balaban J connectivity index is 2.49. The van der Waals surface area contributed by atoms with Crippen LogP contribution in [0, 0.1) is 11.6 Å². The number of alkyl halides is 1. The lowest BCUT2D eigenvalue weighted by Gasteiger charge is -2.14. The van der Waals surface area contributed by atoms with Crippen LogP contribution in [0.4, 0.5) is 8.78 Å². The highest BCUT2D eigenvalue weighted by atomic mass is 79.9. The van der Waals surface area contributed by atoms with Crippen molar-refractivity contribution in [3.8, 4) is 0 Å². The molecule has 100 valence electrons. The van der Waals surface area contributed by atoms with Gasteiger partial charge in [0.15, 0.2) is 11.6 Å². The summed E-state index contributed by atoms with van der Waals surface area (Å²) in [5.41, 5.74) is 1.22. The molecular weight excluding hydrogens is 425 g/mol. The predicted octanol–water partition coefficient (Wildman–Crippen LogP) is 6.52. The first-order valence-corrected chi connectivity index (χ1v) is 7.59. The van der Waals surface area contributed by atoms with E-state index >= 15 is 0 Å². The van der Waals surface area contributed by atoms with Gasteiger partial charge in [0.05, 0.1) is 4.83 Å². The molecule has 0 heterocycles. The third-order valence-electron chi connectivity index (χ3n) is 2.49. The lowest BCUT2D eigenvalue weighted by Crippen LogP contribution is -1.97. The molecule has 0 spiro atoms. The standard InChI is InChI=1S/C13H6Br2Cl2F2/c14-7-1-6(2-8(16)3-7)13(15)9-4-11(18)12(19)5-10(9)17/h1-5,13H. The summed E-state index contributed by atoms with van der Waals surface area (Å²) < 4.78 is 27.1. The van der Waals surface area contributed by atoms with Crippen LogP contribution in [0.2, 0.25) is 10.0 Å². The van der Waals surface area contributed by atoms with E-state index < -0.39 is 11.6 Å². The van der Waals surface area contributed by atoms with Gasteiger partial charge in [0.2, 0.25) is 0 Å². The van der Waals surface area contributed by atoms with Crippen molar-refractivity contribution in [1.82, 2.24) is 0 Å². The Bertz CT molecular complexity index is 612. The highest BCUT2D eigenvalue weighted by molar-refractivity contribution is 9.10. The fourth-order valence-corrected chi connectivity index (χ4v) is 3.55. The zero-order valence-corrected chi connectivity index (χ0v) is 13.9. The quantitative estimate of drug-likeness (QED) is 0.376. The maximum atomic E-state index is 13.3. The molecular formula is C13H6Br2Cl2F2. The van der Waals surface area contributed by atoms with Crippen LogP contribution in [-0.4, -0.2) is 0 Å². The van der Waals surface area contributed by atoms with Crippen LogP contribution in [-0.2, 0) is 0 Å². The van der Waals surface area contributed by atoms with Gasteiger partial charge in [-0.05, 0) is 41.5 Å². The Morgan fingerprint density at radius 3 is 2.21 bits per heavy atom. The molecule has 0 aliphatic carbocycles. The number of benzene rings is 2. The predicted molar refractivity (Wildman–Crippen MR) is 81.3 cm³/mol. The molecule has 2 aromatic carbocycles. The topological polar surface area (TPSA) is 0 Å². The summed E-state index contributed by atoms with van der Waals surface area (Å²) in [5.74, 6) is -1.91. The van der Waals surface area contributed by atoms with Crippen molar-refractivity contribution in [1.29, 1.82) is 0 Å². The van der Waals surface area contributed by atoms with Crippen molar-refractivity contribution in [3.63, 3.8) is 0 Å². The third kappa shape index (κ3) is 3.48. The molecule has 1 atom stereocenters. The molecule has 1 unspecified atom stereocenters. The second-order valence-electron chi connectivity index (χ2n) is 3.85. The highest BCUT2D eigenvalue weighted by Crippen LogP contribution is 2.38. The van der Waals surface area contributed by atoms with E-state index in [-0.39, 0.29) is 9.85 Å². The lowest BCUT2D eigenvalue weighted by atomic mass is 10.0. The summed E-state index contributed by atoms with van der Waals surface area (Å²) in [4.78, 5) is -0.384. The van der Waals surface area contributed by atoms with Gasteiger partial charge in [-0.1, -0.05) is 55.1 Å². The molecule has 2 rings (SSSR count). The van der Waals surface area contributed by atoms with E-state index in [0.29, 0.717) is 10.6 Å². The highest BCUT2D eigenvalue weighted by Gasteiger charge is 2.18. The molecule has 0 fully saturated rings. The van der Waals surface area contributed by atoms with E-state index in [1.54, 1.807) is 12.1 Å². The van der Waals surface area contributed by atoms with E-state index in [1.165, 1.54) is 0 Å². The Labute approximate surface area is 136 Å². The summed E-state index contributed by atoms with van der Waals surface area (Å²) in [6.07, 6.45) is 0. The smallest absolute Gasteiger partial charge is 0.160 e. The number of hydrogen-bond donors (Lipinski definition) is 0. The summed E-state index contributed by atoms with van der Waals surface area (Å²) >= 11 is 18.6. The fraction of sp³-hybridized carbons (Fsp3) is 0.0769. The minimum Gasteiger partial charge on any atom is -0.204 e. The summed E-state index contributed by atoms with van der Waals surface area (Å²) in [5, 5.41) is 0.685. The fourth-order valence-electron chi connectivity index (χ4n) is 1.63. The average molecular weight is 431 g/mol. The average Bonchev–Trinajstić information content (AvgIpc) is 2.31. The van der Waals surface area contributed by atoms with Crippen LogP contribution in [0.15, 0.2) is 34.8 Å². The van der Waals surface area contributed by atoms with Gasteiger partial charge in [0.1, 0.15) is 0 Å². The van der Waals surface area contributed by atoms with Gasteiger partial charge in [-0.25, -0.2) is 8.78 Å². The molecule has 0 aromatic heterocycles. The van der Waals surface area contributed by atoms with Crippen molar-refractivity contribution in [2.24, 2.45) is 0 Å². The van der Waals surface area contributed by atoms with Crippen molar-refractivity contribution in [3.05, 3.63) is 67.6 Å². The first-order valence-electron chi connectivity index (χ1n) is 5.13. The SMILES string of the molecule is Fc1cc(Cl)c(C(Br)c2cc(Cl)cc(Br)c2)cc1F. The van der Waals surface area contributed by atoms with Gasteiger partial charge < -0.3 is 0 Å². The normalized spacial score (nSPS) is 12.5. The van der Waals surface area contributed by atoms with Crippen LogP contribution in [0.25, 0.3) is 0 Å². The van der Waals surface area contributed by atoms with Gasteiger partial charge in [-0.3, -0.25) is 0 Å². The Hall–Kier alpha value is -0.160. The molecule has 0 saturated carbocycles. The van der Waals surface area contributed by atoms with Crippen molar-refractivity contribution in [2.75, 3.05) is 0 Å². The second-order valence-corrected chi connectivity index (χ2v) is 6.53. The maximum Gasteiger partial charge on any atom is 0.160 e. The molecule has 0 radical (unpaired) electrons. The molecule has 0 aliphatic heterocycles. The van der Waals surface area contributed by atoms with E-state index in [9.17, 15) is 8.78 Å². The largest absolute Gasteiger partial charge is 0.204 e. The van der Waals surface area contributed by atoms with Gasteiger partial charge >= 0.3 is 0 Å². The number of halogens is 6. The van der Waals surface area contributed by atoms with E-state index in [1.807, 2.05) is 6.07 Å². The maximum absolute atomic E-state index is 13.3. The first kappa shape index (κ1) is 15.2. The van der Waals surface area contributed by atoms with Gasteiger partial charge in [0.25, 0.3) is 0 Å². The van der Waals surface area contributed by atoms with Crippen LogP contribution in [0.1, 0.15) is 16.0 Å². The van der Waals surface area contributed by atoms with Crippen LogP contribution < -0.4 is 0 Å². The van der Waals surface area contributed by atoms with Crippen molar-refractivity contribution >= 4 is 55.1 Å². The molecule has 0 aliphatic rings. The molecule has 6 heteroatoms. The molecule has 0 nitrogen and oxygen atoms in total. The van der Waals surface area contributed by atoms with E-state index in [0.717, 1.165) is 22.2 Å². The molecule has 0 amide bonds. The van der Waals surface area contributed by atoms with Gasteiger partial charge in [-0.2, -0.15) is 0 Å².